The van der Waals surface area contributed by atoms with Crippen LogP contribution in [0.1, 0.15) is 20.8 Å². The Bertz CT molecular complexity index is 141. The third-order valence-electron chi connectivity index (χ3n) is 2.19. The minimum atomic E-state index is -1.46. The van der Waals surface area contributed by atoms with Crippen molar-refractivity contribution in [3.63, 3.8) is 0 Å². The van der Waals surface area contributed by atoms with Gasteiger partial charge in [-0.25, -0.2) is 0 Å². The molecule has 0 aliphatic carbocycles. The molecule has 0 aliphatic heterocycles. The van der Waals surface area contributed by atoms with Crippen LogP contribution < -0.4 is 12.4 Å². The molecule has 0 aromatic rings. The predicted molar refractivity (Wildman–Crippen MR) is 50.1 cm³/mol. The van der Waals surface area contributed by atoms with Crippen LogP contribution in [0, 0.1) is 12.0 Å². The van der Waals surface area contributed by atoms with Gasteiger partial charge < -0.3 is 24.4 Å². The van der Waals surface area contributed by atoms with E-state index in [-0.39, 0.29) is 40.5 Å². The van der Waals surface area contributed by atoms with Gasteiger partial charge in [-0.05, 0) is 5.04 Å². The molecular weight excluding hydrogens is 184 g/mol. The van der Waals surface area contributed by atoms with Crippen molar-refractivity contribution >= 4 is 31.1 Å². The van der Waals surface area contributed by atoms with Crippen LogP contribution in [-0.4, -0.2) is 31.1 Å². The molecule has 0 aromatic carbocycles. The van der Waals surface area contributed by atoms with Gasteiger partial charge in [0, 0.05) is 0 Å². The quantitative estimate of drug-likeness (QED) is 0.273. The van der Waals surface area contributed by atoms with E-state index in [2.05, 4.69) is 39.4 Å². The molecular formula is C8H15ClMgSi. The molecule has 0 heterocycles. The van der Waals surface area contributed by atoms with Gasteiger partial charge in [-0.1, -0.05) is 33.9 Å². The third kappa shape index (κ3) is 5.13. The van der Waals surface area contributed by atoms with Gasteiger partial charge >= 0.3 is 23.1 Å². The fourth-order valence-corrected chi connectivity index (χ4v) is 0.562. The molecule has 0 spiro atoms. The second-order valence-corrected chi connectivity index (χ2v) is 9.00. The number of hydrogen-bond donors (Lipinski definition) is 0. The third-order valence-corrected chi connectivity index (χ3v) is 6.56. The van der Waals surface area contributed by atoms with Crippen LogP contribution in [0.25, 0.3) is 0 Å². The zero-order valence-corrected chi connectivity index (χ0v) is 11.3. The number of halogens is 1. The molecule has 0 aliphatic rings. The minimum Gasteiger partial charge on any atom is -1.00 e. The molecule has 0 unspecified atom stereocenters. The standard InChI is InChI=1S/C8H15Si.ClH.Mg/c1-7-9(5,6)8(2,3)4;;/h2-6H3;1H;/q-1;;+2/p-1. The topological polar surface area (TPSA) is 0 Å². The van der Waals surface area contributed by atoms with Gasteiger partial charge in [0.1, 0.15) is 0 Å². The second kappa shape index (κ2) is 5.47. The van der Waals surface area contributed by atoms with Crippen LogP contribution >= 0.6 is 0 Å². The Labute approximate surface area is 94.1 Å². The molecule has 0 amide bonds. The first-order valence-electron chi connectivity index (χ1n) is 3.25. The first-order valence-corrected chi connectivity index (χ1v) is 6.25. The van der Waals surface area contributed by atoms with Crippen molar-refractivity contribution in [3.8, 4) is 5.54 Å². The van der Waals surface area contributed by atoms with E-state index in [1.165, 1.54) is 0 Å². The Morgan fingerprint density at radius 3 is 1.45 bits per heavy atom. The maximum Gasteiger partial charge on any atom is 2.00 e. The van der Waals surface area contributed by atoms with Crippen LogP contribution in [0.2, 0.25) is 18.1 Å². The number of rotatable bonds is 0. The van der Waals surface area contributed by atoms with Crippen molar-refractivity contribution < 1.29 is 12.4 Å². The summed E-state index contributed by atoms with van der Waals surface area (Å²) in [4.78, 5) is 0. The molecule has 0 atom stereocenters. The zero-order valence-electron chi connectivity index (χ0n) is 8.09. The molecule has 0 bridgehead atoms. The summed E-state index contributed by atoms with van der Waals surface area (Å²) in [6.07, 6.45) is 7.07. The predicted octanol–water partition coefficient (Wildman–Crippen LogP) is -0.753. The summed E-state index contributed by atoms with van der Waals surface area (Å²) in [6.45, 7) is 10.9. The Kier molecular flexibility index (Phi) is 8.86. The van der Waals surface area contributed by atoms with Crippen molar-refractivity contribution in [1.82, 2.24) is 0 Å². The summed E-state index contributed by atoms with van der Waals surface area (Å²) in [6, 6.07) is 0. The molecule has 0 saturated carbocycles. The first kappa shape index (κ1) is 17.8. The summed E-state index contributed by atoms with van der Waals surface area (Å²) in [5.74, 6) is 0. The molecule has 0 nitrogen and oxygen atoms in total. The maximum atomic E-state index is 7.07. The van der Waals surface area contributed by atoms with Gasteiger partial charge in [-0.15, -0.1) is 0 Å². The van der Waals surface area contributed by atoms with E-state index in [9.17, 15) is 0 Å². The van der Waals surface area contributed by atoms with E-state index >= 15 is 0 Å². The van der Waals surface area contributed by atoms with Crippen LogP contribution in [0.4, 0.5) is 0 Å². The van der Waals surface area contributed by atoms with E-state index in [4.69, 9.17) is 6.42 Å². The van der Waals surface area contributed by atoms with Crippen molar-refractivity contribution in [3.05, 3.63) is 6.42 Å². The second-order valence-electron chi connectivity index (χ2n) is 4.00. The van der Waals surface area contributed by atoms with Gasteiger partial charge in [0.2, 0.25) is 0 Å². The number of hydrogen-bond acceptors (Lipinski definition) is 0. The summed E-state index contributed by atoms with van der Waals surface area (Å²) < 4.78 is 0. The molecule has 3 heteroatoms. The Hall–Kier alpha value is 0.833. The van der Waals surface area contributed by atoms with Crippen molar-refractivity contribution in [2.45, 2.75) is 38.9 Å². The SMILES string of the molecule is [C-]#C[Si](C)(C)C(C)(C)C.[Cl-].[Mg+2]. The van der Waals surface area contributed by atoms with Crippen molar-refractivity contribution in [1.29, 1.82) is 0 Å². The van der Waals surface area contributed by atoms with E-state index < -0.39 is 8.07 Å². The summed E-state index contributed by atoms with van der Waals surface area (Å²) in [5.41, 5.74) is 2.67. The van der Waals surface area contributed by atoms with Gasteiger partial charge in [-0.3, -0.25) is 0 Å². The molecule has 0 radical (unpaired) electrons. The largest absolute Gasteiger partial charge is 2.00 e. The minimum absolute atomic E-state index is 0. The van der Waals surface area contributed by atoms with Crippen molar-refractivity contribution in [2.75, 3.05) is 0 Å². The Morgan fingerprint density at radius 2 is 1.45 bits per heavy atom. The van der Waals surface area contributed by atoms with E-state index in [1.807, 2.05) is 0 Å². The molecule has 0 N–H and O–H groups in total. The van der Waals surface area contributed by atoms with E-state index in [0.29, 0.717) is 0 Å². The molecule has 11 heavy (non-hydrogen) atoms. The van der Waals surface area contributed by atoms with Gasteiger partial charge in [-0.2, -0.15) is 0 Å². The van der Waals surface area contributed by atoms with Crippen LogP contribution in [0.5, 0.6) is 0 Å². The first-order chi connectivity index (χ1) is 3.81. The van der Waals surface area contributed by atoms with Crippen LogP contribution in [-0.2, 0) is 0 Å². The van der Waals surface area contributed by atoms with Gasteiger partial charge in [0.15, 0.2) is 0 Å². The fraction of sp³-hybridized carbons (Fsp3) is 0.750. The summed E-state index contributed by atoms with van der Waals surface area (Å²) >= 11 is 0. The summed E-state index contributed by atoms with van der Waals surface area (Å²) in [5, 5.41) is 0.286. The molecule has 0 fully saturated rings. The monoisotopic (exact) mass is 198 g/mol. The maximum absolute atomic E-state index is 7.07. The van der Waals surface area contributed by atoms with E-state index in [0.717, 1.165) is 0 Å². The fourth-order valence-electron chi connectivity index (χ4n) is 0.188. The smallest absolute Gasteiger partial charge is 1.00 e. The van der Waals surface area contributed by atoms with Crippen LogP contribution in [0.15, 0.2) is 0 Å². The molecule has 60 valence electrons. The zero-order chi connectivity index (χ0) is 7.71. The average molecular weight is 199 g/mol. The van der Waals surface area contributed by atoms with Crippen LogP contribution in [0.3, 0.4) is 0 Å². The Morgan fingerprint density at radius 1 is 1.18 bits per heavy atom. The Balaban J connectivity index is -0.000000320. The molecule has 0 aromatic heterocycles. The van der Waals surface area contributed by atoms with Crippen molar-refractivity contribution in [2.24, 2.45) is 0 Å². The van der Waals surface area contributed by atoms with Gasteiger partial charge in [0.25, 0.3) is 0 Å². The van der Waals surface area contributed by atoms with E-state index in [1.54, 1.807) is 0 Å². The van der Waals surface area contributed by atoms with Gasteiger partial charge in [0.05, 0.1) is 8.07 Å². The summed E-state index contributed by atoms with van der Waals surface area (Å²) in [7, 11) is -1.46. The average Bonchev–Trinajstić information content (AvgIpc) is 1.64. The molecule has 0 rings (SSSR count). The molecule has 0 saturated heterocycles. The normalized spacial score (nSPS) is 10.5.